The number of methoxy groups -OCH3 is 1. The second-order valence-corrected chi connectivity index (χ2v) is 1.61. The van der Waals surface area contributed by atoms with Crippen molar-refractivity contribution in [3.63, 3.8) is 0 Å². The van der Waals surface area contributed by atoms with Crippen molar-refractivity contribution in [1.82, 2.24) is 4.98 Å². The van der Waals surface area contributed by atoms with Crippen LogP contribution >= 0.6 is 0 Å². The largest absolute Gasteiger partial charge is 0.471 e. The van der Waals surface area contributed by atoms with Crippen molar-refractivity contribution in [3.8, 4) is 0 Å². The molecule has 0 atom stereocenters. The third-order valence-corrected chi connectivity index (χ3v) is 0.802. The van der Waals surface area contributed by atoms with Crippen LogP contribution in [-0.4, -0.2) is 18.6 Å². The molecule has 0 saturated heterocycles. The highest BCUT2D eigenvalue weighted by molar-refractivity contribution is 5.36. The molecule has 0 spiro atoms. The highest BCUT2D eigenvalue weighted by Crippen LogP contribution is 1.92. The van der Waals surface area contributed by atoms with E-state index >= 15 is 0 Å². The van der Waals surface area contributed by atoms with Crippen molar-refractivity contribution >= 4 is 12.2 Å². The number of anilines is 1. The fraction of sp³-hybridized carbons (Fsp3) is 0.143. The summed E-state index contributed by atoms with van der Waals surface area (Å²) in [6.07, 6.45) is 3.32. The Balaban J connectivity index is 0.000000218. The molecule has 1 rings (SSSR count). The van der Waals surface area contributed by atoms with Gasteiger partial charge in [-0.05, 0) is 12.1 Å². The van der Waals surface area contributed by atoms with Crippen molar-refractivity contribution in [3.05, 3.63) is 24.5 Å². The van der Waals surface area contributed by atoms with Gasteiger partial charge in [0.25, 0.3) is 6.47 Å². The normalized spacial score (nSPS) is 7.36. The predicted octanol–water partition coefficient (Wildman–Crippen LogP) is 0.453. The first-order valence-corrected chi connectivity index (χ1v) is 2.93. The summed E-state index contributed by atoms with van der Waals surface area (Å²) in [5, 5.41) is 0. The first kappa shape index (κ1) is 9.42. The zero-order valence-corrected chi connectivity index (χ0v) is 6.23. The first-order chi connectivity index (χ1) is 5.31. The maximum absolute atomic E-state index is 8.95. The van der Waals surface area contributed by atoms with Crippen LogP contribution in [0.15, 0.2) is 24.5 Å². The molecule has 11 heavy (non-hydrogen) atoms. The Hall–Kier alpha value is -1.58. The van der Waals surface area contributed by atoms with E-state index in [1.54, 1.807) is 24.5 Å². The summed E-state index contributed by atoms with van der Waals surface area (Å²) in [7, 11) is 1.31. The number of carbonyl (C=O) groups excluding carboxylic acids is 1. The van der Waals surface area contributed by atoms with Crippen molar-refractivity contribution in [2.75, 3.05) is 12.8 Å². The zero-order chi connectivity index (χ0) is 8.53. The molecule has 4 heteroatoms. The molecule has 0 unspecified atom stereocenters. The highest BCUT2D eigenvalue weighted by atomic mass is 16.5. The van der Waals surface area contributed by atoms with Crippen LogP contribution in [0.4, 0.5) is 5.69 Å². The molecule has 0 amide bonds. The van der Waals surface area contributed by atoms with Gasteiger partial charge in [-0.15, -0.1) is 0 Å². The molecule has 0 radical (unpaired) electrons. The van der Waals surface area contributed by atoms with Gasteiger partial charge in [-0.2, -0.15) is 0 Å². The number of aromatic nitrogens is 1. The summed E-state index contributed by atoms with van der Waals surface area (Å²) >= 11 is 0. The number of nitrogens with two attached hydrogens (primary N) is 1. The van der Waals surface area contributed by atoms with Crippen LogP contribution in [0.2, 0.25) is 0 Å². The van der Waals surface area contributed by atoms with Crippen LogP contribution < -0.4 is 5.73 Å². The van der Waals surface area contributed by atoms with Gasteiger partial charge < -0.3 is 10.5 Å². The average molecular weight is 154 g/mol. The smallest absolute Gasteiger partial charge is 0.292 e. The minimum Gasteiger partial charge on any atom is -0.471 e. The van der Waals surface area contributed by atoms with Crippen LogP contribution in [0, 0.1) is 0 Å². The summed E-state index contributed by atoms with van der Waals surface area (Å²) in [5.74, 6) is 0. The maximum Gasteiger partial charge on any atom is 0.292 e. The number of nitrogen functional groups attached to an aromatic ring is 1. The Morgan fingerprint density at radius 1 is 1.55 bits per heavy atom. The Kier molecular flexibility index (Phi) is 5.60. The van der Waals surface area contributed by atoms with Gasteiger partial charge in [0.05, 0.1) is 7.11 Å². The average Bonchev–Trinajstić information content (AvgIpc) is 2.07. The molecule has 2 N–H and O–H groups in total. The number of rotatable bonds is 1. The third kappa shape index (κ3) is 6.30. The van der Waals surface area contributed by atoms with Crippen LogP contribution in [0.5, 0.6) is 0 Å². The predicted molar refractivity (Wildman–Crippen MR) is 41.7 cm³/mol. The fourth-order valence-electron chi connectivity index (χ4n) is 0.363. The van der Waals surface area contributed by atoms with Gasteiger partial charge in [-0.1, -0.05) is 0 Å². The number of hydrogen-bond donors (Lipinski definition) is 1. The van der Waals surface area contributed by atoms with Crippen LogP contribution in [0.25, 0.3) is 0 Å². The fourth-order valence-corrected chi connectivity index (χ4v) is 0.363. The molecule has 0 bridgehead atoms. The summed E-state index contributed by atoms with van der Waals surface area (Å²) in [4.78, 5) is 12.7. The van der Waals surface area contributed by atoms with Gasteiger partial charge in [0.15, 0.2) is 0 Å². The number of pyridine rings is 1. The SMILES string of the molecule is COC=O.Nc1ccncc1. The van der Waals surface area contributed by atoms with E-state index in [1.807, 2.05) is 0 Å². The third-order valence-electron chi connectivity index (χ3n) is 0.802. The van der Waals surface area contributed by atoms with Crippen molar-refractivity contribution in [2.24, 2.45) is 0 Å². The topological polar surface area (TPSA) is 65.2 Å². The molecular weight excluding hydrogens is 144 g/mol. The molecule has 0 aromatic carbocycles. The molecule has 1 heterocycles. The highest BCUT2D eigenvalue weighted by Gasteiger charge is 1.73. The maximum atomic E-state index is 8.95. The number of hydrogen-bond acceptors (Lipinski definition) is 4. The van der Waals surface area contributed by atoms with Gasteiger partial charge in [0.2, 0.25) is 0 Å². The first-order valence-electron chi connectivity index (χ1n) is 2.93. The van der Waals surface area contributed by atoms with Crippen LogP contribution in [0.1, 0.15) is 0 Å². The van der Waals surface area contributed by atoms with Crippen molar-refractivity contribution in [1.29, 1.82) is 0 Å². The second-order valence-electron chi connectivity index (χ2n) is 1.61. The molecule has 1 aromatic heterocycles. The number of nitrogens with zero attached hydrogens (tertiary/aromatic N) is 1. The number of carbonyl (C=O) groups is 1. The van der Waals surface area contributed by atoms with E-state index in [0.29, 0.717) is 6.47 Å². The standard InChI is InChI=1S/C5H6N2.C2H4O2/c6-5-1-3-7-4-2-5;1-4-2-3/h1-4H,(H2,6,7);2H,1H3. The van der Waals surface area contributed by atoms with Crippen LogP contribution in [0.3, 0.4) is 0 Å². The summed E-state index contributed by atoms with van der Waals surface area (Å²) < 4.78 is 3.86. The second kappa shape index (κ2) is 6.54. The lowest BCUT2D eigenvalue weighted by Gasteiger charge is -1.83. The monoisotopic (exact) mass is 154 g/mol. The van der Waals surface area contributed by atoms with E-state index in [9.17, 15) is 0 Å². The Labute approximate surface area is 65.0 Å². The molecule has 0 aliphatic carbocycles. The van der Waals surface area contributed by atoms with E-state index in [-0.39, 0.29) is 0 Å². The molecule has 0 fully saturated rings. The lowest BCUT2D eigenvalue weighted by Crippen LogP contribution is -1.81. The molecular formula is C7H10N2O2. The minimum atomic E-state index is 0.375. The van der Waals surface area contributed by atoms with Crippen molar-refractivity contribution < 1.29 is 9.53 Å². The zero-order valence-electron chi connectivity index (χ0n) is 6.23. The summed E-state index contributed by atoms with van der Waals surface area (Å²) in [6, 6.07) is 3.50. The van der Waals surface area contributed by atoms with Gasteiger partial charge >= 0.3 is 0 Å². The van der Waals surface area contributed by atoms with E-state index in [0.717, 1.165) is 5.69 Å². The lowest BCUT2D eigenvalue weighted by atomic mass is 10.4. The van der Waals surface area contributed by atoms with Crippen LogP contribution in [-0.2, 0) is 9.53 Å². The summed E-state index contributed by atoms with van der Waals surface area (Å²) in [5.41, 5.74) is 6.08. The lowest BCUT2D eigenvalue weighted by molar-refractivity contribution is -0.126. The molecule has 0 aliphatic rings. The van der Waals surface area contributed by atoms with E-state index in [1.165, 1.54) is 7.11 Å². The van der Waals surface area contributed by atoms with Gasteiger partial charge in [0, 0.05) is 18.1 Å². The van der Waals surface area contributed by atoms with Gasteiger partial charge in [-0.3, -0.25) is 9.78 Å². The minimum absolute atomic E-state index is 0.375. The Bertz CT molecular complexity index is 189. The molecule has 4 nitrogen and oxygen atoms in total. The molecule has 0 saturated carbocycles. The van der Waals surface area contributed by atoms with E-state index in [2.05, 4.69) is 9.72 Å². The Morgan fingerprint density at radius 2 is 2.00 bits per heavy atom. The van der Waals surface area contributed by atoms with Gasteiger partial charge in [-0.25, -0.2) is 0 Å². The molecule has 0 aliphatic heterocycles. The molecule has 1 aromatic rings. The number of ether oxygens (including phenoxy) is 1. The molecule has 60 valence electrons. The van der Waals surface area contributed by atoms with Gasteiger partial charge in [0.1, 0.15) is 0 Å². The Morgan fingerprint density at radius 3 is 2.18 bits per heavy atom. The summed E-state index contributed by atoms with van der Waals surface area (Å²) in [6.45, 7) is 0.375. The van der Waals surface area contributed by atoms with E-state index < -0.39 is 0 Å². The van der Waals surface area contributed by atoms with E-state index in [4.69, 9.17) is 10.5 Å². The quantitative estimate of drug-likeness (QED) is 0.596. The van der Waals surface area contributed by atoms with Crippen molar-refractivity contribution in [2.45, 2.75) is 0 Å².